The Morgan fingerprint density at radius 2 is 2.12 bits per heavy atom. The molecular weight excluding hydrogens is 426 g/mol. The molecule has 0 aliphatic carbocycles. The standard InChI is InChI=1S/C22H23N7O2S/c1-12(30)20-18(24-13(2)32-20)16-11-23-27-19(16)22(31)25-15-8-9-29-17(10-15)26-21(28-29)14-6-4-3-5-7-14/h3-7,11-12,15,30H,8-10H2,1-2H3,(H,23,27)(H,25,31). The lowest BCUT2D eigenvalue weighted by Crippen LogP contribution is -2.40. The maximum atomic E-state index is 13.1. The van der Waals surface area contributed by atoms with Gasteiger partial charge in [0.15, 0.2) is 5.82 Å². The highest BCUT2D eigenvalue weighted by Gasteiger charge is 2.27. The van der Waals surface area contributed by atoms with E-state index in [9.17, 15) is 9.90 Å². The number of amides is 1. The number of fused-ring (bicyclic) bond motifs is 1. The first-order valence-corrected chi connectivity index (χ1v) is 11.3. The number of hydrogen-bond acceptors (Lipinski definition) is 7. The van der Waals surface area contributed by atoms with Crippen LogP contribution in [0.3, 0.4) is 0 Å². The van der Waals surface area contributed by atoms with E-state index in [-0.39, 0.29) is 11.9 Å². The number of nitrogens with one attached hydrogen (secondary N) is 2. The number of aromatic amines is 1. The van der Waals surface area contributed by atoms with E-state index in [1.165, 1.54) is 11.3 Å². The molecule has 0 fully saturated rings. The molecule has 32 heavy (non-hydrogen) atoms. The molecule has 9 nitrogen and oxygen atoms in total. The second-order valence-electron chi connectivity index (χ2n) is 7.88. The predicted octanol–water partition coefficient (Wildman–Crippen LogP) is 2.90. The number of hydrogen-bond donors (Lipinski definition) is 3. The Labute approximate surface area is 188 Å². The first-order valence-electron chi connectivity index (χ1n) is 10.5. The van der Waals surface area contributed by atoms with Crippen LogP contribution in [0, 0.1) is 6.92 Å². The Kier molecular flexibility index (Phi) is 5.32. The average Bonchev–Trinajstić information content (AvgIpc) is 3.51. The van der Waals surface area contributed by atoms with Crippen LogP contribution in [0.4, 0.5) is 0 Å². The number of benzene rings is 1. The van der Waals surface area contributed by atoms with Gasteiger partial charge in [0.1, 0.15) is 11.5 Å². The highest BCUT2D eigenvalue weighted by Crippen LogP contribution is 2.34. The minimum Gasteiger partial charge on any atom is -0.388 e. The average molecular weight is 450 g/mol. The molecule has 1 aromatic carbocycles. The highest BCUT2D eigenvalue weighted by atomic mass is 32.1. The zero-order chi connectivity index (χ0) is 22.2. The van der Waals surface area contributed by atoms with E-state index in [0.29, 0.717) is 35.7 Å². The van der Waals surface area contributed by atoms with Crippen LogP contribution < -0.4 is 5.32 Å². The molecule has 2 unspecified atom stereocenters. The van der Waals surface area contributed by atoms with Crippen LogP contribution in [0.2, 0.25) is 0 Å². The van der Waals surface area contributed by atoms with Gasteiger partial charge in [-0.1, -0.05) is 30.3 Å². The summed E-state index contributed by atoms with van der Waals surface area (Å²) in [5.41, 5.74) is 2.50. The number of thiazole rings is 1. The highest BCUT2D eigenvalue weighted by molar-refractivity contribution is 7.12. The molecule has 3 aromatic heterocycles. The van der Waals surface area contributed by atoms with E-state index in [4.69, 9.17) is 0 Å². The molecule has 4 aromatic rings. The molecular formula is C22H23N7O2S. The normalized spacial score (nSPS) is 16.5. The third-order valence-corrected chi connectivity index (χ3v) is 6.64. The van der Waals surface area contributed by atoms with Crippen molar-refractivity contribution in [2.24, 2.45) is 0 Å². The van der Waals surface area contributed by atoms with E-state index < -0.39 is 6.10 Å². The van der Waals surface area contributed by atoms with Gasteiger partial charge >= 0.3 is 0 Å². The maximum Gasteiger partial charge on any atom is 0.270 e. The number of rotatable bonds is 5. The summed E-state index contributed by atoms with van der Waals surface area (Å²) in [6, 6.07) is 9.81. The third kappa shape index (κ3) is 3.82. The minimum atomic E-state index is -0.675. The van der Waals surface area contributed by atoms with Crippen LogP contribution in [0.15, 0.2) is 36.5 Å². The van der Waals surface area contributed by atoms with Crippen molar-refractivity contribution >= 4 is 17.2 Å². The fourth-order valence-electron chi connectivity index (χ4n) is 3.95. The molecule has 0 saturated carbocycles. The number of aryl methyl sites for hydroxylation is 2. The van der Waals surface area contributed by atoms with Gasteiger partial charge in [0.25, 0.3) is 5.91 Å². The Hall–Kier alpha value is -3.37. The summed E-state index contributed by atoms with van der Waals surface area (Å²) in [6.45, 7) is 4.26. The minimum absolute atomic E-state index is 0.0626. The molecule has 3 N–H and O–H groups in total. The van der Waals surface area contributed by atoms with Gasteiger partial charge in [0.05, 0.1) is 33.4 Å². The lowest BCUT2D eigenvalue weighted by molar-refractivity contribution is 0.0925. The van der Waals surface area contributed by atoms with Gasteiger partial charge in [-0.05, 0) is 20.3 Å². The topological polar surface area (TPSA) is 122 Å². The van der Waals surface area contributed by atoms with Crippen LogP contribution in [-0.4, -0.2) is 47.0 Å². The molecule has 5 rings (SSSR count). The van der Waals surface area contributed by atoms with Crippen LogP contribution in [-0.2, 0) is 13.0 Å². The van der Waals surface area contributed by atoms with Gasteiger partial charge in [-0.25, -0.2) is 14.6 Å². The van der Waals surface area contributed by atoms with Crippen LogP contribution in [0.1, 0.15) is 45.6 Å². The lowest BCUT2D eigenvalue weighted by atomic mass is 10.1. The molecule has 2 atom stereocenters. The predicted molar refractivity (Wildman–Crippen MR) is 120 cm³/mol. The number of carbonyl (C=O) groups excluding carboxylic acids is 1. The van der Waals surface area contributed by atoms with Gasteiger partial charge in [0, 0.05) is 24.6 Å². The second-order valence-corrected chi connectivity index (χ2v) is 9.12. The van der Waals surface area contributed by atoms with E-state index in [1.807, 2.05) is 41.9 Å². The zero-order valence-electron chi connectivity index (χ0n) is 17.7. The Morgan fingerprint density at radius 3 is 2.91 bits per heavy atom. The van der Waals surface area contributed by atoms with E-state index >= 15 is 0 Å². The largest absolute Gasteiger partial charge is 0.388 e. The summed E-state index contributed by atoms with van der Waals surface area (Å²) in [5.74, 6) is 1.31. The number of aliphatic hydroxyl groups is 1. The van der Waals surface area contributed by atoms with Crippen molar-refractivity contribution in [3.63, 3.8) is 0 Å². The van der Waals surface area contributed by atoms with E-state index in [1.54, 1.807) is 13.1 Å². The monoisotopic (exact) mass is 449 g/mol. The Bertz CT molecular complexity index is 1260. The molecule has 0 spiro atoms. The quantitative estimate of drug-likeness (QED) is 0.431. The van der Waals surface area contributed by atoms with Crippen LogP contribution >= 0.6 is 11.3 Å². The van der Waals surface area contributed by atoms with Crippen molar-refractivity contribution in [3.8, 4) is 22.6 Å². The first kappa shape index (κ1) is 20.5. The van der Waals surface area contributed by atoms with Gasteiger partial charge in [0.2, 0.25) is 0 Å². The molecule has 1 amide bonds. The summed E-state index contributed by atoms with van der Waals surface area (Å²) in [7, 11) is 0. The van der Waals surface area contributed by atoms with Crippen molar-refractivity contribution < 1.29 is 9.90 Å². The van der Waals surface area contributed by atoms with Crippen molar-refractivity contribution in [1.29, 1.82) is 0 Å². The number of H-pyrrole nitrogens is 1. The number of nitrogens with zero attached hydrogens (tertiary/aromatic N) is 5. The number of aromatic nitrogens is 6. The summed E-state index contributed by atoms with van der Waals surface area (Å²) in [5, 5.41) is 25.5. The Balaban J connectivity index is 1.34. The molecule has 10 heteroatoms. The summed E-state index contributed by atoms with van der Waals surface area (Å²) < 4.78 is 1.92. The smallest absolute Gasteiger partial charge is 0.270 e. The summed E-state index contributed by atoms with van der Waals surface area (Å²) in [6.07, 6.45) is 2.27. The molecule has 0 saturated heterocycles. The summed E-state index contributed by atoms with van der Waals surface area (Å²) >= 11 is 1.42. The van der Waals surface area contributed by atoms with Crippen LogP contribution in [0.5, 0.6) is 0 Å². The zero-order valence-corrected chi connectivity index (χ0v) is 18.6. The molecule has 164 valence electrons. The molecule has 0 radical (unpaired) electrons. The van der Waals surface area contributed by atoms with Crippen molar-refractivity contribution in [3.05, 3.63) is 57.9 Å². The fraction of sp³-hybridized carbons (Fsp3) is 0.318. The Morgan fingerprint density at radius 1 is 1.31 bits per heavy atom. The number of aliphatic hydroxyl groups excluding tert-OH is 1. The van der Waals surface area contributed by atoms with Gasteiger partial charge in [-0.3, -0.25) is 9.89 Å². The molecule has 1 aliphatic rings. The van der Waals surface area contributed by atoms with E-state index in [0.717, 1.165) is 27.7 Å². The third-order valence-electron chi connectivity index (χ3n) is 5.50. The SMILES string of the molecule is Cc1nc(-c2cn[nH]c2C(=O)NC2CCn3nc(-c4ccccc4)nc3C2)c(C(C)O)s1. The van der Waals surface area contributed by atoms with Gasteiger partial charge in [-0.2, -0.15) is 10.2 Å². The second kappa shape index (κ2) is 8.29. The van der Waals surface area contributed by atoms with Crippen LogP contribution in [0.25, 0.3) is 22.6 Å². The van der Waals surface area contributed by atoms with Gasteiger partial charge in [-0.15, -0.1) is 11.3 Å². The van der Waals surface area contributed by atoms with Gasteiger partial charge < -0.3 is 10.4 Å². The van der Waals surface area contributed by atoms with Crippen molar-refractivity contribution in [1.82, 2.24) is 35.3 Å². The van der Waals surface area contributed by atoms with E-state index in [2.05, 4.69) is 30.6 Å². The lowest BCUT2D eigenvalue weighted by Gasteiger charge is -2.23. The summed E-state index contributed by atoms with van der Waals surface area (Å²) in [4.78, 5) is 23.0. The molecule has 0 bridgehead atoms. The molecule has 4 heterocycles. The molecule has 1 aliphatic heterocycles. The fourth-order valence-corrected chi connectivity index (χ4v) is 4.83. The first-order chi connectivity index (χ1) is 15.5. The van der Waals surface area contributed by atoms with Crippen molar-refractivity contribution in [2.75, 3.05) is 0 Å². The maximum absolute atomic E-state index is 13.1. The number of carbonyl (C=O) groups is 1. The van der Waals surface area contributed by atoms with Crippen molar-refractivity contribution in [2.45, 2.75) is 45.4 Å².